The Kier molecular flexibility index (Phi) is 6.34. The SMILES string of the molecule is B=C1C(C(N)=O)=C(O)[C@@H](N(C)C)[C@@H]2C[C@@H]3Cc4c(N(C)C)cc(I)c(OCC=C)c4C(=O)C3=C3OC[C@]132. The minimum absolute atomic E-state index is 0.0397. The summed E-state index contributed by atoms with van der Waals surface area (Å²) in [6.45, 7) is 4.32. The molecule has 194 valence electrons. The monoisotopic (exact) mass is 615 g/mol. The number of nitrogens with zero attached hydrogens (tertiary/aromatic N) is 2. The van der Waals surface area contributed by atoms with Crippen LogP contribution in [0.25, 0.3) is 0 Å². The van der Waals surface area contributed by atoms with Crippen molar-refractivity contribution >= 4 is 52.9 Å². The van der Waals surface area contributed by atoms with Gasteiger partial charge in [0.2, 0.25) is 0 Å². The average molecular weight is 615 g/mol. The molecular weight excluding hydrogens is 584 g/mol. The van der Waals surface area contributed by atoms with Crippen molar-refractivity contribution in [1.29, 1.82) is 0 Å². The Morgan fingerprint density at radius 2 is 2.11 bits per heavy atom. The zero-order valence-electron chi connectivity index (χ0n) is 21.6. The zero-order chi connectivity index (χ0) is 27.0. The molecule has 4 atom stereocenters. The molecular formula is C27H31BIN3O5. The number of aliphatic hydroxyl groups excluding tert-OH is 1. The van der Waals surface area contributed by atoms with Crippen molar-refractivity contribution in [2.75, 3.05) is 46.3 Å². The Hall–Kier alpha value is -2.60. The van der Waals surface area contributed by atoms with E-state index in [4.69, 9.17) is 15.2 Å². The van der Waals surface area contributed by atoms with Gasteiger partial charge in [0.05, 0.1) is 0 Å². The Morgan fingerprint density at radius 1 is 1.41 bits per heavy atom. The van der Waals surface area contributed by atoms with Crippen LogP contribution in [0.1, 0.15) is 22.3 Å². The number of fused-ring (bicyclic) bond motifs is 2. The number of ketones is 1. The summed E-state index contributed by atoms with van der Waals surface area (Å²) in [5.41, 5.74) is 8.53. The van der Waals surface area contributed by atoms with E-state index >= 15 is 0 Å². The van der Waals surface area contributed by atoms with Gasteiger partial charge in [-0.25, -0.2) is 0 Å². The van der Waals surface area contributed by atoms with Crippen LogP contribution in [0.5, 0.6) is 5.75 Å². The molecule has 0 aromatic heterocycles. The second kappa shape index (κ2) is 9.01. The molecule has 3 N–H and O–H groups in total. The number of Topliss-reactive ketones (excluding diaryl/α,β-unsaturated/α-hetero) is 1. The van der Waals surface area contributed by atoms with Crippen LogP contribution in [0.15, 0.2) is 41.4 Å². The standard InChI is InChI=1S/C27H31BIN3O5/c1-6-7-36-23-15(29)10-16(31(2)3)13-8-12-9-14-20(32(4)5)22(34)19(26(30)35)24(28)27(14)11-37-25(27)17(12)21(33)18(13)23/h6,10,12,14,20,28,34H,1,7-9,11H2,2-5H3,(H2,30,35)/t12-,14-,20-,27-/m0/s1. The predicted octanol–water partition coefficient (Wildman–Crippen LogP) is 1.88. The Balaban J connectivity index is 1.75. The number of carbonyl (C=O) groups is 2. The van der Waals surface area contributed by atoms with Crippen LogP contribution < -0.4 is 15.4 Å². The molecule has 1 aliphatic heterocycles. The number of hydrogen-bond acceptors (Lipinski definition) is 7. The van der Waals surface area contributed by atoms with Crippen LogP contribution in [0, 0.1) is 20.8 Å². The van der Waals surface area contributed by atoms with Gasteiger partial charge in [-0.15, -0.1) is 0 Å². The summed E-state index contributed by atoms with van der Waals surface area (Å²) in [7, 11) is 11.9. The number of primary amides is 1. The third-order valence-electron chi connectivity index (χ3n) is 8.30. The molecule has 10 heteroatoms. The molecule has 1 saturated heterocycles. The van der Waals surface area contributed by atoms with Crippen molar-refractivity contribution in [3.63, 3.8) is 0 Å². The van der Waals surface area contributed by atoms with Gasteiger partial charge in [-0.3, -0.25) is 0 Å². The number of amides is 1. The number of allylic oxidation sites excluding steroid dienone is 1. The predicted molar refractivity (Wildman–Crippen MR) is 153 cm³/mol. The summed E-state index contributed by atoms with van der Waals surface area (Å²) >= 11 is 2.21. The van der Waals surface area contributed by atoms with Gasteiger partial charge in [0.25, 0.3) is 0 Å². The van der Waals surface area contributed by atoms with Gasteiger partial charge >= 0.3 is 232 Å². The average Bonchev–Trinajstić information content (AvgIpc) is 2.78. The van der Waals surface area contributed by atoms with Crippen LogP contribution in [0.4, 0.5) is 5.69 Å². The molecule has 0 radical (unpaired) electrons. The first-order chi connectivity index (χ1) is 17.5. The molecule has 4 aliphatic rings. The number of anilines is 1. The van der Waals surface area contributed by atoms with E-state index in [1.165, 1.54) is 0 Å². The van der Waals surface area contributed by atoms with Crippen molar-refractivity contribution in [3.8, 4) is 5.75 Å². The molecule has 1 aromatic rings. The summed E-state index contributed by atoms with van der Waals surface area (Å²) in [4.78, 5) is 30.8. The zero-order valence-corrected chi connectivity index (χ0v) is 23.7. The summed E-state index contributed by atoms with van der Waals surface area (Å²) in [5, 5.41) is 11.2. The summed E-state index contributed by atoms with van der Waals surface area (Å²) in [6, 6.07) is 1.59. The molecule has 0 unspecified atom stereocenters. The summed E-state index contributed by atoms with van der Waals surface area (Å²) in [6.07, 6.45) is 2.92. The van der Waals surface area contributed by atoms with Crippen molar-refractivity contribution < 1.29 is 24.2 Å². The van der Waals surface area contributed by atoms with E-state index in [2.05, 4.69) is 42.7 Å². The first kappa shape index (κ1) is 26.0. The quantitative estimate of drug-likeness (QED) is 0.286. The molecule has 0 bridgehead atoms. The summed E-state index contributed by atoms with van der Waals surface area (Å²) < 4.78 is 13.0. The second-order valence-corrected chi connectivity index (χ2v) is 11.8. The van der Waals surface area contributed by atoms with Gasteiger partial charge in [0.15, 0.2) is 0 Å². The number of rotatable bonds is 6. The van der Waals surface area contributed by atoms with E-state index in [1.807, 2.05) is 38.0 Å². The van der Waals surface area contributed by atoms with E-state index in [9.17, 15) is 14.7 Å². The first-order valence-corrected chi connectivity index (χ1v) is 13.3. The number of aliphatic hydroxyl groups is 1. The number of ether oxygens (including phenoxy) is 2. The molecule has 1 fully saturated rings. The number of halogens is 1. The van der Waals surface area contributed by atoms with Crippen molar-refractivity contribution in [1.82, 2.24) is 4.90 Å². The number of hydrogen-bond donors (Lipinski definition) is 2. The van der Waals surface area contributed by atoms with Crippen LogP contribution in [0.2, 0.25) is 0 Å². The van der Waals surface area contributed by atoms with E-state index in [-0.39, 0.29) is 42.2 Å². The first-order valence-electron chi connectivity index (χ1n) is 12.2. The summed E-state index contributed by atoms with van der Waals surface area (Å²) in [5.74, 6) is -0.0338. The Bertz CT molecular complexity index is 1330. The van der Waals surface area contributed by atoms with Gasteiger partial charge in [0.1, 0.15) is 0 Å². The van der Waals surface area contributed by atoms with Gasteiger partial charge < -0.3 is 0 Å². The second-order valence-electron chi connectivity index (χ2n) is 10.6. The van der Waals surface area contributed by atoms with Gasteiger partial charge in [-0.2, -0.15) is 0 Å². The van der Waals surface area contributed by atoms with Crippen LogP contribution in [0.3, 0.4) is 0 Å². The molecule has 8 nitrogen and oxygen atoms in total. The molecule has 3 aliphatic carbocycles. The van der Waals surface area contributed by atoms with E-state index < -0.39 is 17.4 Å². The topological polar surface area (TPSA) is 105 Å². The fraction of sp³-hybridized carbons (Fsp3) is 0.444. The van der Waals surface area contributed by atoms with Crippen molar-refractivity contribution in [2.24, 2.45) is 23.0 Å². The molecule has 1 aromatic carbocycles. The van der Waals surface area contributed by atoms with Gasteiger partial charge in [0, 0.05) is 0 Å². The molecule has 0 saturated carbocycles. The maximum atomic E-state index is 14.4. The van der Waals surface area contributed by atoms with Crippen molar-refractivity contribution in [2.45, 2.75) is 18.9 Å². The number of carbonyl (C=O) groups excluding carboxylic acids is 2. The van der Waals surface area contributed by atoms with E-state index in [0.29, 0.717) is 41.0 Å². The van der Waals surface area contributed by atoms with E-state index in [0.717, 1.165) is 14.8 Å². The normalized spacial score (nSPS) is 28.0. The third-order valence-corrected chi connectivity index (χ3v) is 9.10. The third kappa shape index (κ3) is 3.47. The Labute approximate surface area is 231 Å². The van der Waals surface area contributed by atoms with Crippen molar-refractivity contribution in [3.05, 3.63) is 56.1 Å². The van der Waals surface area contributed by atoms with Crippen LogP contribution >= 0.6 is 22.6 Å². The van der Waals surface area contributed by atoms with Crippen LogP contribution in [-0.2, 0) is 16.0 Å². The Morgan fingerprint density at radius 3 is 2.65 bits per heavy atom. The minimum atomic E-state index is -0.765. The molecule has 1 spiro atoms. The van der Waals surface area contributed by atoms with Gasteiger partial charge in [-0.05, 0) is 0 Å². The fourth-order valence-corrected chi connectivity index (χ4v) is 7.51. The number of benzene rings is 1. The number of likely N-dealkylation sites (N-methyl/N-ethyl adjacent to an activating group) is 1. The molecule has 1 amide bonds. The maximum absolute atomic E-state index is 14.4. The van der Waals surface area contributed by atoms with E-state index in [1.54, 1.807) is 6.08 Å². The van der Waals surface area contributed by atoms with Crippen LogP contribution in [-0.4, -0.2) is 82.1 Å². The molecule has 37 heavy (non-hydrogen) atoms. The molecule has 1 heterocycles. The number of nitrogens with two attached hydrogens (primary N) is 1. The fourth-order valence-electron chi connectivity index (χ4n) is 6.79. The van der Waals surface area contributed by atoms with Gasteiger partial charge in [-0.1, -0.05) is 0 Å². The molecule has 5 rings (SSSR count).